The average Bonchev–Trinajstić information content (AvgIpc) is 2.59. The molecule has 0 spiro atoms. The first kappa shape index (κ1) is 12.4. The van der Waals surface area contributed by atoms with E-state index in [-0.39, 0.29) is 5.82 Å². The van der Waals surface area contributed by atoms with Crippen LogP contribution < -0.4 is 4.65 Å². The zero-order chi connectivity index (χ0) is 12.3. The second kappa shape index (κ2) is 5.51. The Morgan fingerprint density at radius 3 is 2.59 bits per heavy atom. The van der Waals surface area contributed by atoms with Crippen LogP contribution in [0.1, 0.15) is 30.4 Å². The van der Waals surface area contributed by atoms with Crippen molar-refractivity contribution in [3.8, 4) is 5.75 Å². The fraction of sp³-hybridized carbons (Fsp3) is 0.500. The first-order valence-corrected chi connectivity index (χ1v) is 5.90. The summed E-state index contributed by atoms with van der Waals surface area (Å²) in [6.07, 6.45) is 4.65. The molecule has 0 heterocycles. The van der Waals surface area contributed by atoms with Crippen LogP contribution in [0.4, 0.5) is 4.39 Å². The minimum absolute atomic E-state index is 0.179. The number of hydrogen-bond acceptors (Lipinski definition) is 3. The maximum atomic E-state index is 13.7. The van der Waals surface area contributed by atoms with Gasteiger partial charge < -0.3 is 14.3 Å². The summed E-state index contributed by atoms with van der Waals surface area (Å²) < 4.78 is 23.6. The summed E-state index contributed by atoms with van der Waals surface area (Å²) in [6, 6.07) is 2.95. The second-order valence-corrected chi connectivity index (χ2v) is 4.22. The van der Waals surface area contributed by atoms with Crippen LogP contribution in [0.15, 0.2) is 12.1 Å². The third-order valence-corrected chi connectivity index (χ3v) is 3.11. The molecule has 1 aromatic carbocycles. The summed E-state index contributed by atoms with van der Waals surface area (Å²) in [5.74, 6) is 0.346. The highest BCUT2D eigenvalue weighted by Gasteiger charge is 2.22. The molecule has 0 aliphatic heterocycles. The van der Waals surface area contributed by atoms with Gasteiger partial charge in [-0.05, 0) is 48.9 Å². The van der Waals surface area contributed by atoms with Crippen LogP contribution in [-0.4, -0.2) is 19.5 Å². The minimum Gasteiger partial charge on any atom is -0.512 e. The van der Waals surface area contributed by atoms with Crippen molar-refractivity contribution in [1.29, 1.82) is 0 Å². The molecule has 17 heavy (non-hydrogen) atoms. The fourth-order valence-corrected chi connectivity index (χ4v) is 2.23. The Balaban J connectivity index is 2.33. The smallest absolute Gasteiger partial charge is 0.512 e. The van der Waals surface area contributed by atoms with E-state index in [1.165, 1.54) is 13.2 Å². The van der Waals surface area contributed by atoms with Gasteiger partial charge in [0.25, 0.3) is 0 Å². The summed E-state index contributed by atoms with van der Waals surface area (Å²) in [5, 5.41) is 9.31. The van der Waals surface area contributed by atoms with Crippen LogP contribution in [0.5, 0.6) is 5.75 Å². The lowest BCUT2D eigenvalue weighted by atomic mass is 10.0. The Hall–Kier alpha value is -1.07. The number of halogens is 1. The molecule has 1 aliphatic carbocycles. The van der Waals surface area contributed by atoms with Gasteiger partial charge in [0.1, 0.15) is 11.6 Å². The highest BCUT2D eigenvalue weighted by atomic mass is 19.1. The maximum absolute atomic E-state index is 13.7. The van der Waals surface area contributed by atoms with E-state index in [1.54, 1.807) is 6.07 Å². The van der Waals surface area contributed by atoms with E-state index in [1.807, 2.05) is 0 Å². The molecule has 0 bridgehead atoms. The summed E-state index contributed by atoms with van der Waals surface area (Å²) in [7, 11) is 0.0557. The van der Waals surface area contributed by atoms with Gasteiger partial charge in [-0.3, -0.25) is 0 Å². The van der Waals surface area contributed by atoms with Crippen molar-refractivity contribution >= 4 is 7.32 Å². The molecule has 0 radical (unpaired) electrons. The number of fused-ring (bicyclic) bond motifs is 1. The molecular formula is C12H16BFO3. The van der Waals surface area contributed by atoms with Gasteiger partial charge in [0.2, 0.25) is 0 Å². The Kier molecular flexibility index (Phi) is 4.02. The van der Waals surface area contributed by atoms with Gasteiger partial charge in [-0.25, -0.2) is 4.39 Å². The van der Waals surface area contributed by atoms with Crippen LogP contribution in [0.25, 0.3) is 0 Å². The third kappa shape index (κ3) is 2.79. The van der Waals surface area contributed by atoms with Gasteiger partial charge >= 0.3 is 7.32 Å². The highest BCUT2D eigenvalue weighted by Crippen LogP contribution is 2.31. The second-order valence-electron chi connectivity index (χ2n) is 4.22. The topological polar surface area (TPSA) is 38.7 Å². The fourth-order valence-electron chi connectivity index (χ4n) is 2.23. The van der Waals surface area contributed by atoms with Gasteiger partial charge in [0, 0.05) is 7.11 Å². The molecule has 0 unspecified atom stereocenters. The van der Waals surface area contributed by atoms with E-state index in [9.17, 15) is 9.41 Å². The zero-order valence-electron chi connectivity index (χ0n) is 9.91. The van der Waals surface area contributed by atoms with Gasteiger partial charge in [-0.15, -0.1) is 0 Å². The quantitative estimate of drug-likeness (QED) is 0.647. The lowest BCUT2D eigenvalue weighted by Gasteiger charge is -2.15. The van der Waals surface area contributed by atoms with E-state index >= 15 is 0 Å². The van der Waals surface area contributed by atoms with E-state index < -0.39 is 7.32 Å². The lowest BCUT2D eigenvalue weighted by Crippen LogP contribution is -2.25. The molecular weight excluding hydrogens is 222 g/mol. The van der Waals surface area contributed by atoms with Crippen LogP contribution in [-0.2, 0) is 17.5 Å². The molecule has 5 heteroatoms. The van der Waals surface area contributed by atoms with Gasteiger partial charge in [0.05, 0.1) is 0 Å². The van der Waals surface area contributed by atoms with Crippen molar-refractivity contribution < 1.29 is 18.7 Å². The molecule has 3 nitrogen and oxygen atoms in total. The zero-order valence-corrected chi connectivity index (χ0v) is 9.91. The van der Waals surface area contributed by atoms with Crippen molar-refractivity contribution in [2.24, 2.45) is 0 Å². The molecule has 0 aromatic heterocycles. The van der Waals surface area contributed by atoms with E-state index in [4.69, 9.17) is 4.65 Å². The molecule has 0 saturated carbocycles. The molecule has 2 rings (SSSR count). The van der Waals surface area contributed by atoms with Crippen molar-refractivity contribution in [3.63, 3.8) is 0 Å². The molecule has 0 saturated heterocycles. The summed E-state index contributed by atoms with van der Waals surface area (Å²) >= 11 is 0. The Morgan fingerprint density at radius 2 is 1.88 bits per heavy atom. The van der Waals surface area contributed by atoms with E-state index in [0.717, 1.165) is 43.2 Å². The van der Waals surface area contributed by atoms with Crippen LogP contribution in [0.3, 0.4) is 0 Å². The number of benzene rings is 1. The largest absolute Gasteiger partial charge is 0.710 e. The molecule has 0 atom stereocenters. The van der Waals surface area contributed by atoms with Crippen LogP contribution in [0, 0.1) is 5.82 Å². The maximum Gasteiger partial charge on any atom is 0.710 e. The highest BCUT2D eigenvalue weighted by molar-refractivity contribution is 6.35. The summed E-state index contributed by atoms with van der Waals surface area (Å²) in [6.45, 7) is 0. The molecule has 92 valence electrons. The van der Waals surface area contributed by atoms with Crippen LogP contribution in [0.2, 0.25) is 0 Å². The minimum atomic E-state index is -1.30. The van der Waals surface area contributed by atoms with Crippen molar-refractivity contribution in [2.75, 3.05) is 7.11 Å². The first-order valence-electron chi connectivity index (χ1n) is 5.90. The molecule has 0 amide bonds. The van der Waals surface area contributed by atoms with E-state index in [0.29, 0.717) is 5.75 Å². The van der Waals surface area contributed by atoms with Crippen molar-refractivity contribution in [2.45, 2.75) is 32.1 Å². The van der Waals surface area contributed by atoms with E-state index in [2.05, 4.69) is 4.65 Å². The van der Waals surface area contributed by atoms with Gasteiger partial charge in [-0.2, -0.15) is 0 Å². The number of hydrogen-bond donors (Lipinski definition) is 1. The van der Waals surface area contributed by atoms with Crippen molar-refractivity contribution in [1.82, 2.24) is 0 Å². The Labute approximate surface area is 101 Å². The van der Waals surface area contributed by atoms with Gasteiger partial charge in [0.15, 0.2) is 0 Å². The standard InChI is InChI=1S/C12H16BFO3/c1-16-13(15)17-12-8-7-11(14)9-5-3-2-4-6-10(9)12/h7-8,15H,2-6H2,1H3. The number of rotatable bonds is 3. The monoisotopic (exact) mass is 238 g/mol. The molecule has 0 fully saturated rings. The first-order chi connectivity index (χ1) is 8.22. The Morgan fingerprint density at radius 1 is 1.18 bits per heavy atom. The Bertz CT molecular complexity index is 398. The molecule has 1 N–H and O–H groups in total. The van der Waals surface area contributed by atoms with Crippen molar-refractivity contribution in [3.05, 3.63) is 29.1 Å². The van der Waals surface area contributed by atoms with Gasteiger partial charge in [-0.1, -0.05) is 6.42 Å². The predicted molar refractivity (Wildman–Crippen MR) is 63.3 cm³/mol. The molecule has 1 aliphatic rings. The normalized spacial score (nSPS) is 15.0. The lowest BCUT2D eigenvalue weighted by molar-refractivity contribution is 0.237. The third-order valence-electron chi connectivity index (χ3n) is 3.11. The molecule has 1 aromatic rings. The average molecular weight is 238 g/mol. The van der Waals surface area contributed by atoms with Crippen LogP contribution >= 0.6 is 0 Å². The summed E-state index contributed by atoms with van der Waals surface area (Å²) in [5.41, 5.74) is 1.60. The SMILES string of the molecule is COB(O)Oc1ccc(F)c2c1CCCCC2. The predicted octanol–water partition coefficient (Wildman–Crippen LogP) is 2.10. The summed E-state index contributed by atoms with van der Waals surface area (Å²) in [4.78, 5) is 0.